The maximum atomic E-state index is 6.77. The first kappa shape index (κ1) is 14.4. The topological polar surface area (TPSA) is 34.6 Å². The zero-order chi connectivity index (χ0) is 17.1. The van der Waals surface area contributed by atoms with Crippen LogP contribution >= 0.6 is 0 Å². The van der Waals surface area contributed by atoms with Crippen LogP contribution in [0.4, 0.5) is 5.69 Å². The maximum absolute atomic E-state index is 6.77. The smallest absolute Gasteiger partial charge is 0.495 e. The summed E-state index contributed by atoms with van der Waals surface area (Å²) in [7, 11) is -2.61. The van der Waals surface area contributed by atoms with E-state index in [0.29, 0.717) is 6.04 Å². The van der Waals surface area contributed by atoms with E-state index in [0.717, 1.165) is 41.3 Å². The van der Waals surface area contributed by atoms with Crippen LogP contribution in [0.25, 0.3) is 17.0 Å². The van der Waals surface area contributed by atoms with E-state index in [1.807, 2.05) is 24.4 Å². The molecule has 3 aliphatic rings. The van der Waals surface area contributed by atoms with Crippen molar-refractivity contribution in [2.45, 2.75) is 24.9 Å². The molecular weight excluding hydrogens is 340 g/mol. The first-order valence-electron chi connectivity index (χ1n) is 9.16. The van der Waals surface area contributed by atoms with Crippen LogP contribution in [-0.2, 0) is 0 Å². The molecule has 6 rings (SSSR count). The van der Waals surface area contributed by atoms with Gasteiger partial charge in [0.1, 0.15) is 17.0 Å². The molecule has 0 saturated carbocycles. The minimum absolute atomic E-state index is 0.370. The number of rotatable bonds is 2. The minimum Gasteiger partial charge on any atom is -0.495 e. The number of hydrogen-bond donors (Lipinski definition) is 0. The molecule has 5 heteroatoms. The molecule has 0 radical (unpaired) electrons. The van der Waals surface area contributed by atoms with E-state index in [1.54, 1.807) is 0 Å². The van der Waals surface area contributed by atoms with E-state index >= 15 is 0 Å². The predicted molar refractivity (Wildman–Crippen MR) is 105 cm³/mol. The highest BCUT2D eigenvalue weighted by Gasteiger charge is 2.60. The summed E-state index contributed by atoms with van der Waals surface area (Å²) >= 11 is 0. The molecule has 2 aromatic carbocycles. The summed E-state index contributed by atoms with van der Waals surface area (Å²) in [5, 5.41) is 1.09. The summed E-state index contributed by atoms with van der Waals surface area (Å²) in [5.74, 6) is 1.80. The van der Waals surface area contributed by atoms with Gasteiger partial charge in [0.15, 0.2) is 0 Å². The van der Waals surface area contributed by atoms with Crippen LogP contribution in [-0.4, -0.2) is 19.7 Å². The van der Waals surface area contributed by atoms with Crippen molar-refractivity contribution in [3.05, 3.63) is 66.4 Å². The van der Waals surface area contributed by atoms with Crippen LogP contribution in [0.2, 0.25) is 6.04 Å². The molecule has 128 valence electrons. The first-order chi connectivity index (χ1) is 12.8. The Bertz CT molecular complexity index is 1060. The van der Waals surface area contributed by atoms with Crippen LogP contribution in [0.5, 0.6) is 11.5 Å². The van der Waals surface area contributed by atoms with Crippen molar-refractivity contribution in [3.63, 3.8) is 0 Å². The monoisotopic (exact) mass is 358 g/mol. The lowest BCUT2D eigenvalue weighted by Crippen LogP contribution is -2.66. The molecular formula is C21H18N2O2Si. The largest absolute Gasteiger partial charge is 0.588 e. The quantitative estimate of drug-likeness (QED) is 0.625. The number of para-hydroxylation sites is 2. The number of aromatic nitrogens is 1. The van der Waals surface area contributed by atoms with Crippen molar-refractivity contribution < 1.29 is 8.85 Å². The summed E-state index contributed by atoms with van der Waals surface area (Å²) in [4.78, 5) is 4.57. The van der Waals surface area contributed by atoms with E-state index in [1.165, 1.54) is 11.3 Å². The Morgan fingerprint density at radius 1 is 1.12 bits per heavy atom. The van der Waals surface area contributed by atoms with Crippen LogP contribution in [0.15, 0.2) is 60.8 Å². The van der Waals surface area contributed by atoms with Gasteiger partial charge in [-0.3, -0.25) is 4.98 Å². The maximum Gasteiger partial charge on any atom is 0.588 e. The van der Waals surface area contributed by atoms with E-state index in [-0.39, 0.29) is 0 Å². The van der Waals surface area contributed by atoms with Gasteiger partial charge in [-0.05, 0) is 31.0 Å². The Labute approximate surface area is 153 Å². The number of nitrogens with zero attached hydrogens (tertiary/aromatic N) is 2. The van der Waals surface area contributed by atoms with Crippen molar-refractivity contribution in [2.24, 2.45) is 0 Å². The highest BCUT2D eigenvalue weighted by atomic mass is 28.4. The van der Waals surface area contributed by atoms with Crippen molar-refractivity contribution >= 4 is 31.4 Å². The molecule has 2 unspecified atom stereocenters. The van der Waals surface area contributed by atoms with Crippen molar-refractivity contribution in [3.8, 4) is 11.5 Å². The van der Waals surface area contributed by atoms with Gasteiger partial charge < -0.3 is 13.4 Å². The van der Waals surface area contributed by atoms with Crippen LogP contribution in [0, 0.1) is 0 Å². The summed E-state index contributed by atoms with van der Waals surface area (Å²) in [5.41, 5.74) is 3.36. The summed E-state index contributed by atoms with van der Waals surface area (Å²) < 4.78 is 15.9. The van der Waals surface area contributed by atoms with Crippen molar-refractivity contribution in [1.82, 2.24) is 4.98 Å². The minimum atomic E-state index is -2.61. The second-order valence-corrected chi connectivity index (χ2v) is 9.95. The van der Waals surface area contributed by atoms with Gasteiger partial charge in [0.05, 0.1) is 5.69 Å². The molecule has 1 fully saturated rings. The number of anilines is 1. The standard InChI is InChI=1S/C21H18N2O2Si/c1-5-15-7-3-13-22-20(15)18(9-1)24-26-14-4-8-17-12-11-16-6-2-10-19(25-26)21(16)23(17)26/h1-3,5-7,9-13,17H,4,8,14H2. The number of benzene rings is 2. The molecule has 4 heterocycles. The number of fused-ring (bicyclic) bond motifs is 1. The van der Waals surface area contributed by atoms with Gasteiger partial charge in [0.25, 0.3) is 0 Å². The van der Waals surface area contributed by atoms with E-state index in [2.05, 4.69) is 52.0 Å². The molecule has 3 aromatic rings. The van der Waals surface area contributed by atoms with Gasteiger partial charge in [0, 0.05) is 29.2 Å². The third-order valence-corrected chi connectivity index (χ3v) is 8.95. The molecule has 1 saturated heterocycles. The zero-order valence-electron chi connectivity index (χ0n) is 14.3. The van der Waals surface area contributed by atoms with E-state index < -0.39 is 8.72 Å². The van der Waals surface area contributed by atoms with Gasteiger partial charge in [-0.15, -0.1) is 0 Å². The molecule has 2 atom stereocenters. The van der Waals surface area contributed by atoms with Crippen molar-refractivity contribution in [2.75, 3.05) is 4.57 Å². The predicted octanol–water partition coefficient (Wildman–Crippen LogP) is 4.64. The lowest BCUT2D eigenvalue weighted by molar-refractivity contribution is 0.371. The zero-order valence-corrected chi connectivity index (χ0v) is 15.3. The Morgan fingerprint density at radius 3 is 3.04 bits per heavy atom. The van der Waals surface area contributed by atoms with E-state index in [9.17, 15) is 0 Å². The van der Waals surface area contributed by atoms with Gasteiger partial charge in [-0.25, -0.2) is 0 Å². The lowest BCUT2D eigenvalue weighted by Gasteiger charge is -2.43. The molecule has 4 nitrogen and oxygen atoms in total. The normalized spacial score (nSPS) is 25.1. The molecule has 3 aliphatic heterocycles. The van der Waals surface area contributed by atoms with Crippen LogP contribution in [0.3, 0.4) is 0 Å². The molecule has 0 aliphatic carbocycles. The summed E-state index contributed by atoms with van der Waals surface area (Å²) in [6.45, 7) is 0. The van der Waals surface area contributed by atoms with Crippen LogP contribution in [0.1, 0.15) is 18.4 Å². The first-order valence-corrected chi connectivity index (χ1v) is 11.1. The Morgan fingerprint density at radius 2 is 2.04 bits per heavy atom. The molecule has 0 spiro atoms. The molecule has 0 N–H and O–H groups in total. The highest BCUT2D eigenvalue weighted by molar-refractivity contribution is 6.75. The lowest BCUT2D eigenvalue weighted by atomic mass is 10.0. The van der Waals surface area contributed by atoms with Gasteiger partial charge in [-0.1, -0.05) is 42.5 Å². The average Bonchev–Trinajstić information content (AvgIpc) is 3.02. The van der Waals surface area contributed by atoms with Gasteiger partial charge >= 0.3 is 8.72 Å². The fourth-order valence-electron chi connectivity index (χ4n) is 4.51. The van der Waals surface area contributed by atoms with Crippen LogP contribution < -0.4 is 13.4 Å². The third-order valence-electron chi connectivity index (χ3n) is 5.59. The van der Waals surface area contributed by atoms with Gasteiger partial charge in [0.2, 0.25) is 0 Å². The fraction of sp³-hybridized carbons (Fsp3) is 0.190. The summed E-state index contributed by atoms with van der Waals surface area (Å²) in [6.07, 6.45) is 8.65. The molecule has 1 aromatic heterocycles. The highest BCUT2D eigenvalue weighted by Crippen LogP contribution is 2.51. The SMILES string of the molecule is C1=CC2CCC[Si]3(Oc4cccc5cccnc45)Oc4cccc1c4N23. The average molecular weight is 358 g/mol. The molecule has 26 heavy (non-hydrogen) atoms. The number of hydrogen-bond acceptors (Lipinski definition) is 4. The Kier molecular flexibility index (Phi) is 2.83. The Hall–Kier alpha value is -2.79. The Balaban J connectivity index is 1.51. The second-order valence-electron chi connectivity index (χ2n) is 7.13. The fourth-order valence-corrected chi connectivity index (χ4v) is 8.16. The molecule has 0 amide bonds. The third kappa shape index (κ3) is 1.86. The van der Waals surface area contributed by atoms with E-state index in [4.69, 9.17) is 8.85 Å². The van der Waals surface area contributed by atoms with Crippen molar-refractivity contribution in [1.29, 1.82) is 0 Å². The number of pyridine rings is 1. The summed E-state index contributed by atoms with van der Waals surface area (Å²) in [6, 6.07) is 17.8. The molecule has 0 bridgehead atoms. The van der Waals surface area contributed by atoms with Gasteiger partial charge in [-0.2, -0.15) is 0 Å². The second kappa shape index (κ2) is 5.11.